The highest BCUT2D eigenvalue weighted by atomic mass is 32.3. The Labute approximate surface area is 117 Å². The van der Waals surface area contributed by atoms with E-state index in [1.807, 2.05) is 0 Å². The van der Waals surface area contributed by atoms with Gasteiger partial charge < -0.3 is 5.32 Å². The first-order chi connectivity index (χ1) is 8.38. The zero-order valence-electron chi connectivity index (χ0n) is 10.5. The molecule has 0 aromatic carbocycles. The summed E-state index contributed by atoms with van der Waals surface area (Å²) in [6.07, 6.45) is 2.71. The van der Waals surface area contributed by atoms with Gasteiger partial charge in [-0.25, -0.2) is 13.6 Å². The zero-order valence-corrected chi connectivity index (χ0v) is 12.9. The summed E-state index contributed by atoms with van der Waals surface area (Å²) in [4.78, 5) is 0. The van der Waals surface area contributed by atoms with E-state index in [0.29, 0.717) is 10.2 Å². The fourth-order valence-corrected chi connectivity index (χ4v) is 5.67. The summed E-state index contributed by atoms with van der Waals surface area (Å²) < 4.78 is 23.2. The highest BCUT2D eigenvalue weighted by Gasteiger charge is 2.33. The lowest BCUT2D eigenvalue weighted by molar-refractivity contribution is 0.586. The average molecular weight is 306 g/mol. The molecular formula is C11H18N2O2S3. The quantitative estimate of drug-likeness (QED) is 0.829. The molecule has 1 unspecified atom stereocenters. The summed E-state index contributed by atoms with van der Waals surface area (Å²) in [6, 6.07) is 0. The SMILES string of the molecule is CC(C)CNC1=C2C=C(S(N)(=O)=O)SC2SCC1. The van der Waals surface area contributed by atoms with Crippen LogP contribution in [0.25, 0.3) is 0 Å². The number of nitrogens with two attached hydrogens (primary N) is 1. The molecule has 4 nitrogen and oxygen atoms in total. The molecule has 0 radical (unpaired) electrons. The Morgan fingerprint density at radius 3 is 2.89 bits per heavy atom. The number of hydrogen-bond acceptors (Lipinski definition) is 5. The van der Waals surface area contributed by atoms with E-state index in [-0.39, 0.29) is 4.58 Å². The van der Waals surface area contributed by atoms with Gasteiger partial charge in [-0.2, -0.15) is 0 Å². The highest BCUT2D eigenvalue weighted by Crippen LogP contribution is 2.47. The number of sulfonamides is 1. The molecule has 1 atom stereocenters. The maximum absolute atomic E-state index is 11.4. The lowest BCUT2D eigenvalue weighted by atomic mass is 10.1. The van der Waals surface area contributed by atoms with Crippen LogP contribution in [0.15, 0.2) is 21.6 Å². The summed E-state index contributed by atoms with van der Waals surface area (Å²) in [5.41, 5.74) is 2.28. The fourth-order valence-electron chi connectivity index (χ4n) is 1.83. The van der Waals surface area contributed by atoms with Gasteiger partial charge in [0.1, 0.15) is 4.24 Å². The number of primary sulfonamides is 1. The van der Waals surface area contributed by atoms with Crippen molar-refractivity contribution in [3.05, 3.63) is 21.6 Å². The number of hydrogen-bond donors (Lipinski definition) is 2. The number of rotatable bonds is 4. The summed E-state index contributed by atoms with van der Waals surface area (Å²) in [5.74, 6) is 1.59. The minimum atomic E-state index is -3.57. The van der Waals surface area contributed by atoms with E-state index in [2.05, 4.69) is 19.2 Å². The first kappa shape index (κ1) is 14.3. The van der Waals surface area contributed by atoms with Gasteiger partial charge in [-0.15, -0.1) is 11.8 Å². The topological polar surface area (TPSA) is 72.2 Å². The Bertz CT molecular complexity index is 494. The third-order valence-electron chi connectivity index (χ3n) is 2.72. The minimum absolute atomic E-state index is 0.182. The van der Waals surface area contributed by atoms with Crippen LogP contribution in [0.5, 0.6) is 0 Å². The fraction of sp³-hybridized carbons (Fsp3) is 0.636. The van der Waals surface area contributed by atoms with Crippen LogP contribution in [0, 0.1) is 5.92 Å². The van der Waals surface area contributed by atoms with Gasteiger partial charge in [-0.3, -0.25) is 0 Å². The number of nitrogens with one attached hydrogen (secondary N) is 1. The molecule has 0 fully saturated rings. The highest BCUT2D eigenvalue weighted by molar-refractivity contribution is 8.26. The van der Waals surface area contributed by atoms with Crippen LogP contribution in [0.2, 0.25) is 0 Å². The van der Waals surface area contributed by atoms with Crippen molar-refractivity contribution >= 4 is 33.5 Å². The molecular weight excluding hydrogens is 288 g/mol. The standard InChI is InChI=1S/C11H18N2O2S3/c1-7(2)6-13-9-3-4-16-11-8(9)5-10(17-11)18(12,14)15/h5,7,11,13H,3-4,6H2,1-2H3,(H2,12,14,15). The summed E-state index contributed by atoms with van der Waals surface area (Å²) in [5, 5.41) is 8.63. The van der Waals surface area contributed by atoms with E-state index < -0.39 is 10.0 Å². The summed E-state index contributed by atoms with van der Waals surface area (Å²) in [7, 11) is -3.57. The van der Waals surface area contributed by atoms with Crippen molar-refractivity contribution in [2.75, 3.05) is 12.3 Å². The third-order valence-corrected chi connectivity index (χ3v) is 6.90. The Hall–Kier alpha value is -0.110. The van der Waals surface area contributed by atoms with Gasteiger partial charge in [0, 0.05) is 18.0 Å². The van der Waals surface area contributed by atoms with Crippen molar-refractivity contribution in [2.45, 2.75) is 24.9 Å². The van der Waals surface area contributed by atoms with Gasteiger partial charge in [-0.1, -0.05) is 25.6 Å². The van der Waals surface area contributed by atoms with Crippen LogP contribution >= 0.6 is 23.5 Å². The van der Waals surface area contributed by atoms with Crippen LogP contribution in [-0.4, -0.2) is 25.3 Å². The molecule has 3 N–H and O–H groups in total. The Morgan fingerprint density at radius 1 is 1.56 bits per heavy atom. The molecule has 0 aromatic heterocycles. The maximum Gasteiger partial charge on any atom is 0.244 e. The smallest absolute Gasteiger partial charge is 0.244 e. The zero-order chi connectivity index (χ0) is 13.3. The van der Waals surface area contributed by atoms with E-state index in [1.54, 1.807) is 17.8 Å². The van der Waals surface area contributed by atoms with Crippen LogP contribution in [-0.2, 0) is 10.0 Å². The van der Waals surface area contributed by atoms with Crippen LogP contribution < -0.4 is 10.5 Å². The summed E-state index contributed by atoms with van der Waals surface area (Å²) in [6.45, 7) is 5.23. The van der Waals surface area contributed by atoms with Crippen molar-refractivity contribution in [3.8, 4) is 0 Å². The molecule has 0 saturated heterocycles. The number of fused-ring (bicyclic) bond motifs is 1. The molecule has 102 valence electrons. The second-order valence-corrected chi connectivity index (χ2v) is 9.23. The molecule has 2 aliphatic rings. The Morgan fingerprint density at radius 2 is 2.28 bits per heavy atom. The second kappa shape index (κ2) is 5.48. The third kappa shape index (κ3) is 3.26. The molecule has 2 rings (SSSR count). The van der Waals surface area contributed by atoms with Crippen LogP contribution in [0.3, 0.4) is 0 Å². The molecule has 0 spiro atoms. The first-order valence-electron chi connectivity index (χ1n) is 5.87. The molecule has 7 heteroatoms. The van der Waals surface area contributed by atoms with Gasteiger partial charge in [0.05, 0.1) is 4.58 Å². The Kier molecular flexibility index (Phi) is 4.36. The van der Waals surface area contributed by atoms with Crippen molar-refractivity contribution in [1.29, 1.82) is 0 Å². The largest absolute Gasteiger partial charge is 0.388 e. The van der Waals surface area contributed by atoms with Gasteiger partial charge in [0.15, 0.2) is 0 Å². The first-order valence-corrected chi connectivity index (χ1v) is 9.35. The normalized spacial score (nSPS) is 24.2. The van der Waals surface area contributed by atoms with E-state index in [1.165, 1.54) is 17.5 Å². The Balaban J connectivity index is 2.24. The predicted molar refractivity (Wildman–Crippen MR) is 79.5 cm³/mol. The van der Waals surface area contributed by atoms with Crippen molar-refractivity contribution < 1.29 is 8.42 Å². The van der Waals surface area contributed by atoms with E-state index in [4.69, 9.17) is 5.14 Å². The summed E-state index contributed by atoms with van der Waals surface area (Å²) >= 11 is 3.14. The lowest BCUT2D eigenvalue weighted by Crippen LogP contribution is -2.24. The number of allylic oxidation sites excluding steroid dienone is 2. The number of thioether (sulfide) groups is 2. The van der Waals surface area contributed by atoms with Gasteiger partial charge in [0.25, 0.3) is 0 Å². The van der Waals surface area contributed by atoms with Crippen molar-refractivity contribution in [2.24, 2.45) is 11.1 Å². The van der Waals surface area contributed by atoms with Gasteiger partial charge in [-0.05, 0) is 24.0 Å². The van der Waals surface area contributed by atoms with E-state index in [9.17, 15) is 8.42 Å². The van der Waals surface area contributed by atoms with Crippen molar-refractivity contribution in [3.63, 3.8) is 0 Å². The van der Waals surface area contributed by atoms with Crippen molar-refractivity contribution in [1.82, 2.24) is 5.32 Å². The van der Waals surface area contributed by atoms with Crippen LogP contribution in [0.4, 0.5) is 0 Å². The molecule has 2 heterocycles. The van der Waals surface area contributed by atoms with Crippen LogP contribution in [0.1, 0.15) is 20.3 Å². The van der Waals surface area contributed by atoms with Gasteiger partial charge in [0.2, 0.25) is 10.0 Å². The molecule has 0 aliphatic carbocycles. The maximum atomic E-state index is 11.4. The monoisotopic (exact) mass is 306 g/mol. The van der Waals surface area contributed by atoms with E-state index in [0.717, 1.165) is 24.3 Å². The lowest BCUT2D eigenvalue weighted by Gasteiger charge is -2.23. The second-order valence-electron chi connectivity index (χ2n) is 4.79. The molecule has 0 bridgehead atoms. The average Bonchev–Trinajstić information content (AvgIpc) is 2.69. The molecule has 18 heavy (non-hydrogen) atoms. The van der Waals surface area contributed by atoms with E-state index >= 15 is 0 Å². The minimum Gasteiger partial charge on any atom is -0.388 e. The molecule has 2 aliphatic heterocycles. The molecule has 0 saturated carbocycles. The molecule has 0 aromatic rings. The van der Waals surface area contributed by atoms with Gasteiger partial charge >= 0.3 is 0 Å². The molecule has 0 amide bonds. The predicted octanol–water partition coefficient (Wildman–Crippen LogP) is 1.83.